The molecule has 0 bridgehead atoms. The van der Waals surface area contributed by atoms with E-state index >= 15 is 0 Å². The van der Waals surface area contributed by atoms with Crippen molar-refractivity contribution >= 4 is 6.09 Å². The van der Waals surface area contributed by atoms with Crippen molar-refractivity contribution in [3.63, 3.8) is 0 Å². The fourth-order valence-corrected chi connectivity index (χ4v) is 0.862. The van der Waals surface area contributed by atoms with E-state index in [-0.39, 0.29) is 0 Å². The normalized spacial score (nSPS) is 10.2. The van der Waals surface area contributed by atoms with Crippen LogP contribution in [0, 0.1) is 5.92 Å². The van der Waals surface area contributed by atoms with Crippen LogP contribution >= 0.6 is 0 Å². The van der Waals surface area contributed by atoms with E-state index in [0.29, 0.717) is 25.6 Å². The van der Waals surface area contributed by atoms with E-state index < -0.39 is 6.09 Å². The van der Waals surface area contributed by atoms with Crippen molar-refractivity contribution in [2.45, 2.75) is 13.8 Å². The molecule has 0 atom stereocenters. The number of carboxylic acid groups (broad SMARTS) is 1. The Morgan fingerprint density at radius 3 is 2.45 bits per heavy atom. The van der Waals surface area contributed by atoms with E-state index in [2.05, 4.69) is 0 Å². The minimum Gasteiger partial charge on any atom is -0.465 e. The molecule has 3 N–H and O–H groups in total. The Labute approximate surface area is 67.0 Å². The molecular weight excluding hydrogens is 144 g/mol. The van der Waals surface area contributed by atoms with Crippen LogP contribution in [0.3, 0.4) is 0 Å². The predicted molar refractivity (Wildman–Crippen MR) is 43.5 cm³/mol. The summed E-state index contributed by atoms with van der Waals surface area (Å²) in [5.41, 5.74) is 5.24. The minimum absolute atomic E-state index is 0.359. The summed E-state index contributed by atoms with van der Waals surface area (Å²) >= 11 is 0. The van der Waals surface area contributed by atoms with E-state index in [1.54, 1.807) is 0 Å². The van der Waals surface area contributed by atoms with Crippen molar-refractivity contribution in [1.29, 1.82) is 0 Å². The van der Waals surface area contributed by atoms with Gasteiger partial charge < -0.3 is 15.7 Å². The summed E-state index contributed by atoms with van der Waals surface area (Å²) in [5.74, 6) is 0.359. The van der Waals surface area contributed by atoms with Crippen LogP contribution in [0.15, 0.2) is 0 Å². The van der Waals surface area contributed by atoms with Gasteiger partial charge in [-0.05, 0) is 5.92 Å². The second-order valence-electron chi connectivity index (χ2n) is 2.91. The van der Waals surface area contributed by atoms with Gasteiger partial charge in [0.15, 0.2) is 0 Å². The highest BCUT2D eigenvalue weighted by atomic mass is 16.4. The van der Waals surface area contributed by atoms with Gasteiger partial charge in [0, 0.05) is 19.6 Å². The van der Waals surface area contributed by atoms with Crippen molar-refractivity contribution in [2.75, 3.05) is 19.6 Å². The van der Waals surface area contributed by atoms with Crippen molar-refractivity contribution in [3.8, 4) is 0 Å². The number of rotatable bonds is 4. The molecule has 0 saturated heterocycles. The lowest BCUT2D eigenvalue weighted by atomic mass is 10.2. The average molecular weight is 160 g/mol. The Morgan fingerprint density at radius 1 is 1.64 bits per heavy atom. The smallest absolute Gasteiger partial charge is 0.407 e. The van der Waals surface area contributed by atoms with E-state index in [9.17, 15) is 4.79 Å². The third-order valence-electron chi connectivity index (χ3n) is 1.26. The van der Waals surface area contributed by atoms with Crippen LogP contribution in [0.4, 0.5) is 4.79 Å². The molecule has 0 aromatic carbocycles. The van der Waals surface area contributed by atoms with E-state index in [1.165, 1.54) is 4.90 Å². The fraction of sp³-hybridized carbons (Fsp3) is 0.857. The first-order valence-corrected chi connectivity index (χ1v) is 3.75. The first-order chi connectivity index (χ1) is 5.07. The van der Waals surface area contributed by atoms with Crippen molar-refractivity contribution < 1.29 is 9.90 Å². The van der Waals surface area contributed by atoms with Gasteiger partial charge in [0.25, 0.3) is 0 Å². The van der Waals surface area contributed by atoms with Gasteiger partial charge in [0.1, 0.15) is 0 Å². The molecule has 0 unspecified atom stereocenters. The fourth-order valence-electron chi connectivity index (χ4n) is 0.862. The molecule has 0 aliphatic heterocycles. The van der Waals surface area contributed by atoms with Crippen LogP contribution in [-0.4, -0.2) is 35.7 Å². The molecule has 0 rings (SSSR count). The monoisotopic (exact) mass is 160 g/mol. The molecule has 0 aliphatic carbocycles. The topological polar surface area (TPSA) is 66.6 Å². The van der Waals surface area contributed by atoms with Gasteiger partial charge in [-0.3, -0.25) is 0 Å². The quantitative estimate of drug-likeness (QED) is 0.632. The van der Waals surface area contributed by atoms with Gasteiger partial charge >= 0.3 is 6.09 Å². The zero-order valence-corrected chi connectivity index (χ0v) is 7.08. The van der Waals surface area contributed by atoms with Crippen LogP contribution in [0.5, 0.6) is 0 Å². The molecule has 0 aliphatic rings. The van der Waals surface area contributed by atoms with E-state index in [0.717, 1.165) is 0 Å². The van der Waals surface area contributed by atoms with Gasteiger partial charge in [-0.1, -0.05) is 13.8 Å². The zero-order chi connectivity index (χ0) is 8.85. The van der Waals surface area contributed by atoms with Gasteiger partial charge in [0.2, 0.25) is 0 Å². The molecule has 0 aromatic heterocycles. The summed E-state index contributed by atoms with van der Waals surface area (Å²) in [6.07, 6.45) is -0.885. The molecule has 4 heteroatoms. The van der Waals surface area contributed by atoms with Gasteiger partial charge in [-0.25, -0.2) is 4.79 Å². The number of amides is 1. The van der Waals surface area contributed by atoms with Crippen LogP contribution in [0.25, 0.3) is 0 Å². The second-order valence-corrected chi connectivity index (χ2v) is 2.91. The second kappa shape index (κ2) is 4.96. The first-order valence-electron chi connectivity index (χ1n) is 3.75. The summed E-state index contributed by atoms with van der Waals surface area (Å²) in [5, 5.41) is 8.62. The van der Waals surface area contributed by atoms with Crippen LogP contribution in [0.1, 0.15) is 13.8 Å². The summed E-state index contributed by atoms with van der Waals surface area (Å²) in [4.78, 5) is 11.8. The Hall–Kier alpha value is -0.770. The molecule has 4 nitrogen and oxygen atoms in total. The molecule has 1 amide bonds. The minimum atomic E-state index is -0.885. The van der Waals surface area contributed by atoms with E-state index in [1.807, 2.05) is 13.8 Å². The maximum atomic E-state index is 10.5. The molecule has 0 heterocycles. The van der Waals surface area contributed by atoms with Gasteiger partial charge in [0.05, 0.1) is 0 Å². The Morgan fingerprint density at radius 2 is 2.18 bits per heavy atom. The molecule has 11 heavy (non-hydrogen) atoms. The lowest BCUT2D eigenvalue weighted by Gasteiger charge is -2.19. The van der Waals surface area contributed by atoms with Crippen molar-refractivity contribution in [2.24, 2.45) is 11.7 Å². The largest absolute Gasteiger partial charge is 0.465 e. The van der Waals surface area contributed by atoms with Crippen molar-refractivity contribution in [1.82, 2.24) is 4.90 Å². The number of nitrogens with two attached hydrogens (primary N) is 1. The van der Waals surface area contributed by atoms with Gasteiger partial charge in [-0.2, -0.15) is 0 Å². The maximum absolute atomic E-state index is 10.5. The Kier molecular flexibility index (Phi) is 4.61. The molecule has 0 aromatic rings. The van der Waals surface area contributed by atoms with Crippen LogP contribution in [-0.2, 0) is 0 Å². The third-order valence-corrected chi connectivity index (χ3v) is 1.26. The Bertz CT molecular complexity index is 126. The van der Waals surface area contributed by atoms with Crippen LogP contribution in [0.2, 0.25) is 0 Å². The molecule has 0 radical (unpaired) electrons. The first kappa shape index (κ1) is 10.2. The summed E-state index contributed by atoms with van der Waals surface area (Å²) in [6, 6.07) is 0. The third kappa shape index (κ3) is 4.61. The predicted octanol–water partition coefficient (Wildman–Crippen LogP) is 0.581. The maximum Gasteiger partial charge on any atom is 0.407 e. The van der Waals surface area contributed by atoms with Crippen molar-refractivity contribution in [3.05, 3.63) is 0 Å². The van der Waals surface area contributed by atoms with Gasteiger partial charge in [-0.15, -0.1) is 0 Å². The number of carbonyl (C=O) groups is 1. The number of hydrogen-bond donors (Lipinski definition) is 2. The van der Waals surface area contributed by atoms with Crippen LogP contribution < -0.4 is 5.73 Å². The highest BCUT2D eigenvalue weighted by molar-refractivity contribution is 5.64. The van der Waals surface area contributed by atoms with E-state index in [4.69, 9.17) is 10.8 Å². The zero-order valence-electron chi connectivity index (χ0n) is 7.08. The molecule has 66 valence electrons. The molecule has 0 fully saturated rings. The standard InChI is InChI=1S/C7H16N2O2/c1-6(2)5-9(4-3-8)7(10)11/h6H,3-5,8H2,1-2H3,(H,10,11). The summed E-state index contributed by atoms with van der Waals surface area (Å²) < 4.78 is 0. The molecule has 0 spiro atoms. The lowest BCUT2D eigenvalue weighted by Crippen LogP contribution is -2.36. The molecular formula is C7H16N2O2. The highest BCUT2D eigenvalue weighted by Crippen LogP contribution is 1.97. The highest BCUT2D eigenvalue weighted by Gasteiger charge is 2.11. The SMILES string of the molecule is CC(C)CN(CCN)C(=O)O. The average Bonchev–Trinajstić information content (AvgIpc) is 1.86. The molecule has 0 saturated carbocycles. The lowest BCUT2D eigenvalue weighted by molar-refractivity contribution is 0.141. The summed E-state index contributed by atoms with van der Waals surface area (Å²) in [7, 11) is 0. The number of nitrogens with zero attached hydrogens (tertiary/aromatic N) is 1. The Balaban J connectivity index is 3.79. The number of hydrogen-bond acceptors (Lipinski definition) is 2. The summed E-state index contributed by atoms with van der Waals surface area (Å²) in [6.45, 7) is 5.33.